The molecule has 3 aromatic rings. The van der Waals surface area contributed by atoms with E-state index in [4.69, 9.17) is 13.9 Å². The number of ether oxygens (including phenoxy) is 2. The van der Waals surface area contributed by atoms with Gasteiger partial charge in [0.1, 0.15) is 27.5 Å². The summed E-state index contributed by atoms with van der Waals surface area (Å²) in [6.07, 6.45) is 1.92. The van der Waals surface area contributed by atoms with E-state index in [0.717, 1.165) is 38.7 Å². The monoisotopic (exact) mass is 389 g/mol. The number of methoxy groups -OCH3 is 2. The van der Waals surface area contributed by atoms with Crippen LogP contribution in [0.4, 0.5) is 0 Å². The second-order valence-electron chi connectivity index (χ2n) is 5.66. The Hall–Kier alpha value is -2.37. The van der Waals surface area contributed by atoms with Crippen molar-refractivity contribution in [1.82, 2.24) is 0 Å². The average molecular weight is 390 g/mol. The van der Waals surface area contributed by atoms with Crippen molar-refractivity contribution in [1.29, 1.82) is 0 Å². The molecular weight excluding hydrogens is 372 g/mol. The van der Waals surface area contributed by atoms with Crippen LogP contribution in [-0.4, -0.2) is 19.3 Å². The number of thioether (sulfide) groups is 1. The molecule has 1 N–H and O–H groups in total. The smallest absolute Gasteiger partial charge is 0.371 e. The van der Waals surface area contributed by atoms with Crippen LogP contribution < -0.4 is 9.47 Å². The summed E-state index contributed by atoms with van der Waals surface area (Å²) >= 11 is 1.68. The maximum absolute atomic E-state index is 10.2. The Kier molecular flexibility index (Phi) is 5.30. The standard InChI is InChI=1S/C20H16O4S.ClH/c1-22-16-6-3-5-15(21)13(16)10-19-20-12(11-25-19)9-14-17(23-2)7-4-8-18(14)24-20;/h3-10H,11H2,1-2H3;1H/p+1/b19-10+;. The molecule has 0 fully saturated rings. The molecule has 0 atom stereocenters. The number of halogens is 1. The van der Waals surface area contributed by atoms with Crippen molar-refractivity contribution in [2.24, 2.45) is 0 Å². The Bertz CT molecular complexity index is 1000. The summed E-state index contributed by atoms with van der Waals surface area (Å²) in [6, 6.07) is 13.1. The molecular formula is C20H18ClO4S+. The van der Waals surface area contributed by atoms with Crippen molar-refractivity contribution >= 4 is 46.1 Å². The van der Waals surface area contributed by atoms with Gasteiger partial charge in [0.05, 0.1) is 25.3 Å². The largest absolute Gasteiger partial charge is 0.507 e. The van der Waals surface area contributed by atoms with E-state index in [9.17, 15) is 5.11 Å². The fourth-order valence-electron chi connectivity index (χ4n) is 2.98. The van der Waals surface area contributed by atoms with E-state index >= 15 is 0 Å². The highest BCUT2D eigenvalue weighted by Crippen LogP contribution is 2.46. The van der Waals surface area contributed by atoms with E-state index in [-0.39, 0.29) is 18.2 Å². The van der Waals surface area contributed by atoms with Gasteiger partial charge in [-0.15, -0.1) is 24.2 Å². The molecule has 0 radical (unpaired) electrons. The van der Waals surface area contributed by atoms with Crippen molar-refractivity contribution in [2.45, 2.75) is 5.75 Å². The number of hydrogen-bond acceptors (Lipinski definition) is 4. The topological polar surface area (TPSA) is 50.0 Å². The van der Waals surface area contributed by atoms with Crippen molar-refractivity contribution < 1.29 is 19.0 Å². The van der Waals surface area contributed by atoms with Gasteiger partial charge in [-0.25, -0.2) is 4.42 Å². The predicted molar refractivity (Wildman–Crippen MR) is 108 cm³/mol. The minimum absolute atomic E-state index is 0. The minimum atomic E-state index is 0. The molecule has 26 heavy (non-hydrogen) atoms. The summed E-state index contributed by atoms with van der Waals surface area (Å²) in [5.74, 6) is 3.26. The molecule has 0 saturated heterocycles. The maximum atomic E-state index is 10.2. The van der Waals surface area contributed by atoms with Crippen LogP contribution >= 0.6 is 24.2 Å². The predicted octanol–water partition coefficient (Wildman–Crippen LogP) is 5.60. The Morgan fingerprint density at radius 1 is 1.08 bits per heavy atom. The molecule has 6 heteroatoms. The highest BCUT2D eigenvalue weighted by atomic mass is 35.5. The van der Waals surface area contributed by atoms with Gasteiger partial charge in [0.2, 0.25) is 0 Å². The van der Waals surface area contributed by atoms with Crippen LogP contribution in [0, 0.1) is 0 Å². The lowest BCUT2D eigenvalue weighted by Gasteiger charge is -2.06. The Balaban J connectivity index is 0.00000196. The number of rotatable bonds is 3. The van der Waals surface area contributed by atoms with Crippen LogP contribution in [0.15, 0.2) is 46.9 Å². The Morgan fingerprint density at radius 2 is 1.81 bits per heavy atom. The fraction of sp³-hybridized carbons (Fsp3) is 0.150. The van der Waals surface area contributed by atoms with Gasteiger partial charge in [-0.1, -0.05) is 6.07 Å². The molecule has 0 unspecified atom stereocenters. The first-order valence-electron chi connectivity index (χ1n) is 7.85. The molecule has 1 aliphatic rings. The number of phenolic OH excluding ortho intramolecular Hbond substituents is 1. The van der Waals surface area contributed by atoms with Crippen molar-refractivity contribution in [3.8, 4) is 17.2 Å². The van der Waals surface area contributed by atoms with Gasteiger partial charge in [-0.3, -0.25) is 0 Å². The van der Waals surface area contributed by atoms with E-state index in [1.54, 1.807) is 38.1 Å². The van der Waals surface area contributed by atoms with Crippen LogP contribution in [0.1, 0.15) is 16.9 Å². The zero-order chi connectivity index (χ0) is 17.4. The van der Waals surface area contributed by atoms with Crippen LogP contribution in [0.2, 0.25) is 0 Å². The summed E-state index contributed by atoms with van der Waals surface area (Å²) < 4.78 is 16.9. The number of phenols is 1. The average Bonchev–Trinajstić information content (AvgIpc) is 3.03. The van der Waals surface area contributed by atoms with Gasteiger partial charge in [0.15, 0.2) is 0 Å². The van der Waals surface area contributed by atoms with E-state index in [1.807, 2.05) is 30.3 Å². The lowest BCUT2D eigenvalue weighted by atomic mass is 10.1. The lowest BCUT2D eigenvalue weighted by molar-refractivity contribution is 0.406. The molecule has 0 aliphatic carbocycles. The lowest BCUT2D eigenvalue weighted by Crippen LogP contribution is -1.89. The second kappa shape index (κ2) is 7.48. The van der Waals surface area contributed by atoms with Gasteiger partial charge in [0.25, 0.3) is 0 Å². The van der Waals surface area contributed by atoms with E-state index < -0.39 is 0 Å². The number of aromatic hydroxyl groups is 1. The number of fused-ring (bicyclic) bond motifs is 2. The molecule has 2 heterocycles. The molecule has 0 bridgehead atoms. The van der Waals surface area contributed by atoms with Gasteiger partial charge in [-0.05, 0) is 36.4 Å². The third-order valence-corrected chi connectivity index (χ3v) is 5.28. The van der Waals surface area contributed by atoms with Crippen molar-refractivity contribution in [3.05, 3.63) is 59.4 Å². The first-order valence-corrected chi connectivity index (χ1v) is 8.83. The third-order valence-electron chi connectivity index (χ3n) is 4.21. The summed E-state index contributed by atoms with van der Waals surface area (Å²) in [6.45, 7) is 0. The summed E-state index contributed by atoms with van der Waals surface area (Å²) in [5.41, 5.74) is 2.54. The first-order chi connectivity index (χ1) is 12.2. The summed E-state index contributed by atoms with van der Waals surface area (Å²) in [5, 5.41) is 11.2. The van der Waals surface area contributed by atoms with Gasteiger partial charge in [-0.2, -0.15) is 0 Å². The van der Waals surface area contributed by atoms with Crippen molar-refractivity contribution in [3.63, 3.8) is 0 Å². The quantitative estimate of drug-likeness (QED) is 0.590. The van der Waals surface area contributed by atoms with Crippen LogP contribution in [0.5, 0.6) is 17.2 Å². The van der Waals surface area contributed by atoms with Gasteiger partial charge >= 0.3 is 11.3 Å². The molecule has 2 aromatic carbocycles. The second-order valence-corrected chi connectivity index (χ2v) is 6.68. The maximum Gasteiger partial charge on any atom is 0.371 e. The molecule has 4 nitrogen and oxygen atoms in total. The van der Waals surface area contributed by atoms with Crippen molar-refractivity contribution in [2.75, 3.05) is 14.2 Å². The third kappa shape index (κ3) is 3.08. The minimum Gasteiger partial charge on any atom is -0.507 e. The molecule has 1 aliphatic heterocycles. The Labute approximate surface area is 161 Å². The number of hydrogen-bond donors (Lipinski definition) is 1. The zero-order valence-corrected chi connectivity index (χ0v) is 15.9. The molecule has 1 aromatic heterocycles. The summed E-state index contributed by atoms with van der Waals surface area (Å²) in [7, 11) is 3.25. The van der Waals surface area contributed by atoms with Crippen LogP contribution in [0.3, 0.4) is 0 Å². The highest BCUT2D eigenvalue weighted by Gasteiger charge is 2.31. The molecule has 0 amide bonds. The van der Waals surface area contributed by atoms with Crippen LogP contribution in [-0.2, 0) is 5.75 Å². The van der Waals surface area contributed by atoms with Gasteiger partial charge < -0.3 is 14.6 Å². The van der Waals surface area contributed by atoms with Gasteiger partial charge in [0, 0.05) is 11.8 Å². The number of benzene rings is 2. The molecule has 0 spiro atoms. The van der Waals surface area contributed by atoms with E-state index in [1.165, 1.54) is 0 Å². The molecule has 0 saturated carbocycles. The van der Waals surface area contributed by atoms with Crippen LogP contribution in [0.25, 0.3) is 22.0 Å². The normalized spacial score (nSPS) is 14.2. The SMILES string of the molecule is COc1cccc(O)c1/C=C1/SCc2cc3c(OC)cccc3[o+]c21.Cl. The fourth-order valence-corrected chi connectivity index (χ4v) is 4.01. The summed E-state index contributed by atoms with van der Waals surface area (Å²) in [4.78, 5) is 0.972. The highest BCUT2D eigenvalue weighted by molar-refractivity contribution is 8.08. The van der Waals surface area contributed by atoms with E-state index in [0.29, 0.717) is 11.3 Å². The first kappa shape index (κ1) is 18.4. The Morgan fingerprint density at radius 3 is 2.58 bits per heavy atom. The molecule has 4 rings (SSSR count). The zero-order valence-electron chi connectivity index (χ0n) is 14.3. The van der Waals surface area contributed by atoms with E-state index in [2.05, 4.69) is 6.07 Å². The molecule has 134 valence electrons.